The molecule has 0 unspecified atom stereocenters. The van der Waals surface area contributed by atoms with E-state index in [0.717, 1.165) is 35.1 Å². The Hall–Kier alpha value is -2.68. The molecule has 1 N–H and O–H groups in total. The van der Waals surface area contributed by atoms with Crippen LogP contribution < -0.4 is 5.43 Å². The largest absolute Gasteiger partial charge is 0.278 e. The van der Waals surface area contributed by atoms with Crippen molar-refractivity contribution in [3.8, 4) is 0 Å². The molecule has 126 valence electrons. The number of nitrogens with one attached hydrogen (secondary N) is 1. The van der Waals surface area contributed by atoms with Crippen LogP contribution in [0.5, 0.6) is 0 Å². The summed E-state index contributed by atoms with van der Waals surface area (Å²) in [6.45, 7) is 2.02. The summed E-state index contributed by atoms with van der Waals surface area (Å²) < 4.78 is 0. The van der Waals surface area contributed by atoms with Gasteiger partial charge in [0.1, 0.15) is 0 Å². The second-order valence-electron chi connectivity index (χ2n) is 6.80. The smallest absolute Gasteiger partial charge is 0.0726 e. The first kappa shape index (κ1) is 15.8. The summed E-state index contributed by atoms with van der Waals surface area (Å²) >= 11 is 0. The lowest BCUT2D eigenvalue weighted by Gasteiger charge is -2.23. The highest BCUT2D eigenvalue weighted by molar-refractivity contribution is 5.92. The summed E-state index contributed by atoms with van der Waals surface area (Å²) in [5.74, 6) is 0.671. The minimum absolute atomic E-state index is 0.671. The van der Waals surface area contributed by atoms with Gasteiger partial charge in [0.05, 0.1) is 11.2 Å². The predicted molar refractivity (Wildman–Crippen MR) is 105 cm³/mol. The van der Waals surface area contributed by atoms with Crippen LogP contribution in [-0.4, -0.2) is 10.7 Å². The number of para-hydroxylation sites is 1. The molecule has 0 aliphatic heterocycles. The maximum absolute atomic E-state index is 4.71. The minimum Gasteiger partial charge on any atom is -0.278 e. The molecule has 25 heavy (non-hydrogen) atoms. The Morgan fingerprint density at radius 1 is 0.960 bits per heavy atom. The Bertz CT molecular complexity index is 890. The van der Waals surface area contributed by atoms with Crippen molar-refractivity contribution < 1.29 is 0 Å². The number of rotatable bonds is 3. The molecule has 2 aromatic carbocycles. The number of fused-ring (bicyclic) bond motifs is 1. The monoisotopic (exact) mass is 329 g/mol. The summed E-state index contributed by atoms with van der Waals surface area (Å²) in [6, 6.07) is 21.1. The van der Waals surface area contributed by atoms with Crippen LogP contribution in [0.1, 0.15) is 42.9 Å². The lowest BCUT2D eigenvalue weighted by molar-refractivity contribution is 0.566. The maximum Gasteiger partial charge on any atom is 0.0726 e. The molecule has 1 aliphatic rings. The van der Waals surface area contributed by atoms with Crippen LogP contribution in [0.25, 0.3) is 10.9 Å². The number of anilines is 1. The molecule has 0 amide bonds. The number of pyridine rings is 1. The molecular weight excluding hydrogens is 306 g/mol. The van der Waals surface area contributed by atoms with Gasteiger partial charge in [0.25, 0.3) is 0 Å². The molecule has 0 spiro atoms. The van der Waals surface area contributed by atoms with Crippen LogP contribution in [0.4, 0.5) is 5.69 Å². The third kappa shape index (κ3) is 3.55. The molecule has 3 heteroatoms. The fourth-order valence-electron chi connectivity index (χ4n) is 3.66. The first-order valence-corrected chi connectivity index (χ1v) is 9.02. The van der Waals surface area contributed by atoms with Crippen molar-refractivity contribution in [2.75, 3.05) is 5.43 Å². The van der Waals surface area contributed by atoms with Gasteiger partial charge in [-0.3, -0.25) is 10.4 Å². The highest BCUT2D eigenvalue weighted by Crippen LogP contribution is 2.31. The van der Waals surface area contributed by atoms with Crippen molar-refractivity contribution in [1.82, 2.24) is 4.98 Å². The summed E-state index contributed by atoms with van der Waals surface area (Å²) in [4.78, 5) is 4.59. The van der Waals surface area contributed by atoms with Crippen LogP contribution in [-0.2, 0) is 0 Å². The molecule has 1 aromatic heterocycles. The number of hydrogen-bond acceptors (Lipinski definition) is 3. The highest BCUT2D eigenvalue weighted by Gasteiger charge is 2.19. The van der Waals surface area contributed by atoms with Crippen LogP contribution in [0.3, 0.4) is 0 Å². The Kier molecular flexibility index (Phi) is 4.47. The number of hydrazone groups is 1. The molecule has 1 saturated carbocycles. The molecule has 3 nitrogen and oxygen atoms in total. The van der Waals surface area contributed by atoms with Crippen molar-refractivity contribution >= 4 is 22.3 Å². The zero-order valence-electron chi connectivity index (χ0n) is 14.6. The van der Waals surface area contributed by atoms with Gasteiger partial charge in [0.2, 0.25) is 0 Å². The molecule has 1 heterocycles. The van der Waals surface area contributed by atoms with Gasteiger partial charge in [-0.05, 0) is 56.2 Å². The zero-order valence-corrected chi connectivity index (χ0v) is 14.6. The van der Waals surface area contributed by atoms with E-state index in [1.807, 2.05) is 25.1 Å². The van der Waals surface area contributed by atoms with Crippen LogP contribution in [0.15, 0.2) is 65.8 Å². The van der Waals surface area contributed by atoms with Crippen molar-refractivity contribution in [2.24, 2.45) is 5.10 Å². The van der Waals surface area contributed by atoms with Gasteiger partial charge in [-0.25, -0.2) is 0 Å². The van der Waals surface area contributed by atoms with Crippen molar-refractivity contribution in [3.05, 3.63) is 71.9 Å². The van der Waals surface area contributed by atoms with Crippen molar-refractivity contribution in [1.29, 1.82) is 0 Å². The number of aromatic nitrogens is 1. The van der Waals surface area contributed by atoms with Gasteiger partial charge in [-0.2, -0.15) is 5.10 Å². The molecule has 3 aromatic rings. The van der Waals surface area contributed by atoms with Gasteiger partial charge < -0.3 is 0 Å². The summed E-state index contributed by atoms with van der Waals surface area (Å²) in [5.41, 5.74) is 9.10. The van der Waals surface area contributed by atoms with Gasteiger partial charge in [-0.15, -0.1) is 0 Å². The van der Waals surface area contributed by atoms with Crippen LogP contribution in [0, 0.1) is 6.92 Å². The topological polar surface area (TPSA) is 37.3 Å². The second-order valence-corrected chi connectivity index (χ2v) is 6.80. The Morgan fingerprint density at radius 3 is 2.48 bits per heavy atom. The fourth-order valence-corrected chi connectivity index (χ4v) is 3.66. The second kappa shape index (κ2) is 7.06. The molecule has 1 fully saturated rings. The van der Waals surface area contributed by atoms with Gasteiger partial charge in [0.15, 0.2) is 0 Å². The standard InChI is InChI=1S/C22H23N3/c1-16-15-22(20-9-5-6-10-21(20)23-16)25-24-19-13-11-18(12-14-19)17-7-3-2-4-8-17/h2-10,15,18H,11-14H2,1H3,(H,23,25). The average Bonchev–Trinajstić information content (AvgIpc) is 2.67. The average molecular weight is 329 g/mol. The fraction of sp³-hybridized carbons (Fsp3) is 0.273. The number of nitrogens with zero attached hydrogens (tertiary/aromatic N) is 2. The third-order valence-corrected chi connectivity index (χ3v) is 5.01. The molecule has 0 saturated heterocycles. The quantitative estimate of drug-likeness (QED) is 0.629. The maximum atomic E-state index is 4.71. The minimum atomic E-state index is 0.671. The Labute approximate surface area is 148 Å². The normalized spacial score (nSPS) is 17.5. The summed E-state index contributed by atoms with van der Waals surface area (Å²) in [5, 5.41) is 5.83. The molecule has 1 aliphatic carbocycles. The lowest BCUT2D eigenvalue weighted by atomic mass is 9.83. The first-order chi connectivity index (χ1) is 12.3. The van der Waals surface area contributed by atoms with E-state index in [0.29, 0.717) is 5.92 Å². The van der Waals surface area contributed by atoms with Crippen molar-refractivity contribution in [2.45, 2.75) is 38.5 Å². The number of hydrogen-bond donors (Lipinski definition) is 1. The van der Waals surface area contributed by atoms with Gasteiger partial charge in [0, 0.05) is 16.8 Å². The Morgan fingerprint density at radius 2 is 1.68 bits per heavy atom. The van der Waals surface area contributed by atoms with E-state index in [-0.39, 0.29) is 0 Å². The molecule has 0 radical (unpaired) electrons. The van der Waals surface area contributed by atoms with E-state index in [1.165, 1.54) is 24.1 Å². The summed E-state index contributed by atoms with van der Waals surface area (Å²) in [6.07, 6.45) is 4.49. The molecule has 0 bridgehead atoms. The van der Waals surface area contributed by atoms with Crippen molar-refractivity contribution in [3.63, 3.8) is 0 Å². The van der Waals surface area contributed by atoms with E-state index in [9.17, 15) is 0 Å². The van der Waals surface area contributed by atoms with E-state index in [2.05, 4.69) is 52.9 Å². The zero-order chi connectivity index (χ0) is 17.1. The van der Waals surface area contributed by atoms with Crippen LogP contribution >= 0.6 is 0 Å². The van der Waals surface area contributed by atoms with E-state index >= 15 is 0 Å². The SMILES string of the molecule is Cc1cc(NN=C2CCC(c3ccccc3)CC2)c2ccccc2n1. The predicted octanol–water partition coefficient (Wildman–Crippen LogP) is 5.67. The molecular formula is C22H23N3. The third-order valence-electron chi connectivity index (χ3n) is 5.01. The van der Waals surface area contributed by atoms with Gasteiger partial charge >= 0.3 is 0 Å². The van der Waals surface area contributed by atoms with Gasteiger partial charge in [-0.1, -0.05) is 48.5 Å². The molecule has 4 rings (SSSR count). The first-order valence-electron chi connectivity index (χ1n) is 9.02. The summed E-state index contributed by atoms with van der Waals surface area (Å²) in [7, 11) is 0. The van der Waals surface area contributed by atoms with Crippen LogP contribution in [0.2, 0.25) is 0 Å². The highest BCUT2D eigenvalue weighted by atomic mass is 15.3. The number of benzene rings is 2. The van der Waals surface area contributed by atoms with E-state index in [4.69, 9.17) is 5.10 Å². The Balaban J connectivity index is 1.47. The lowest BCUT2D eigenvalue weighted by Crippen LogP contribution is -2.14. The number of aryl methyl sites for hydroxylation is 1. The van der Waals surface area contributed by atoms with E-state index < -0.39 is 0 Å². The molecule has 0 atom stereocenters. The van der Waals surface area contributed by atoms with E-state index in [1.54, 1.807) is 0 Å².